The van der Waals surface area contributed by atoms with Gasteiger partial charge in [0.1, 0.15) is 0 Å². The van der Waals surface area contributed by atoms with E-state index in [0.717, 1.165) is 54.6 Å². The molecule has 0 spiro atoms. The number of halogens is 1. The van der Waals surface area contributed by atoms with E-state index >= 15 is 0 Å². The Balaban J connectivity index is 1.17. The molecule has 5 rings (SSSR count). The van der Waals surface area contributed by atoms with Crippen molar-refractivity contribution in [2.75, 3.05) is 36.4 Å². The Bertz CT molecular complexity index is 1110. The van der Waals surface area contributed by atoms with Gasteiger partial charge in [-0.15, -0.1) is 0 Å². The highest BCUT2D eigenvalue weighted by atomic mass is 35.5. The number of para-hydroxylation sites is 1. The average molecular weight is 418 g/mol. The summed E-state index contributed by atoms with van der Waals surface area (Å²) >= 11 is 5.96. The van der Waals surface area contributed by atoms with Crippen LogP contribution in [-0.4, -0.2) is 41.3 Å². The van der Waals surface area contributed by atoms with Crippen molar-refractivity contribution in [3.05, 3.63) is 83.5 Å². The molecule has 30 heavy (non-hydrogen) atoms. The molecule has 0 unspecified atom stereocenters. The summed E-state index contributed by atoms with van der Waals surface area (Å²) in [5.74, 6) is 0. The third kappa shape index (κ3) is 4.13. The number of aromatic nitrogens is 2. The number of nitrogens with zero attached hydrogens (tertiary/aromatic N) is 3. The summed E-state index contributed by atoms with van der Waals surface area (Å²) in [7, 11) is 0. The van der Waals surface area contributed by atoms with Crippen molar-refractivity contribution in [3.63, 3.8) is 0 Å². The molecule has 1 aliphatic rings. The fourth-order valence-corrected chi connectivity index (χ4v) is 4.10. The number of fused-ring (bicyclic) bond motifs is 1. The molecule has 4 aromatic rings. The maximum absolute atomic E-state index is 5.96. The molecule has 1 saturated heterocycles. The summed E-state index contributed by atoms with van der Waals surface area (Å²) < 4.78 is 0. The molecule has 0 atom stereocenters. The van der Waals surface area contributed by atoms with Gasteiger partial charge in [0.15, 0.2) is 0 Å². The molecule has 0 amide bonds. The summed E-state index contributed by atoms with van der Waals surface area (Å²) in [5, 5.41) is 13.0. The Hall–Kier alpha value is -3.02. The quantitative estimate of drug-likeness (QED) is 0.463. The second-order valence-corrected chi connectivity index (χ2v) is 8.10. The summed E-state index contributed by atoms with van der Waals surface area (Å²) in [4.78, 5) is 4.94. The maximum atomic E-state index is 5.96. The van der Waals surface area contributed by atoms with Gasteiger partial charge in [-0.2, -0.15) is 5.10 Å². The first kappa shape index (κ1) is 19.0. The van der Waals surface area contributed by atoms with Crippen molar-refractivity contribution >= 4 is 39.6 Å². The van der Waals surface area contributed by atoms with E-state index in [1.807, 2.05) is 30.3 Å². The first-order valence-corrected chi connectivity index (χ1v) is 10.6. The lowest BCUT2D eigenvalue weighted by Crippen LogP contribution is -2.46. The van der Waals surface area contributed by atoms with Crippen LogP contribution in [0, 0.1) is 0 Å². The standard InChI is InChI=1S/C24H24ClN5/c25-18-5-7-19(8-6-18)26-20-9-11-21(12-10-20)30-15-13-29(14-16-30)17-24-22-3-1-2-4-23(22)27-28-24/h1-12,26H,13-17H2,(H,27,28). The normalized spacial score (nSPS) is 14.9. The lowest BCUT2D eigenvalue weighted by atomic mass is 10.2. The number of rotatable bonds is 5. The third-order valence-corrected chi connectivity index (χ3v) is 5.91. The van der Waals surface area contributed by atoms with Crippen molar-refractivity contribution in [2.45, 2.75) is 6.54 Å². The molecule has 5 nitrogen and oxygen atoms in total. The second-order valence-electron chi connectivity index (χ2n) is 7.66. The van der Waals surface area contributed by atoms with Crippen LogP contribution in [0.15, 0.2) is 72.8 Å². The van der Waals surface area contributed by atoms with Crippen LogP contribution in [0.3, 0.4) is 0 Å². The molecular weight excluding hydrogens is 394 g/mol. The van der Waals surface area contributed by atoms with E-state index in [9.17, 15) is 0 Å². The van der Waals surface area contributed by atoms with E-state index in [2.05, 4.69) is 67.8 Å². The van der Waals surface area contributed by atoms with Crippen LogP contribution in [0.4, 0.5) is 17.1 Å². The summed E-state index contributed by atoms with van der Waals surface area (Å²) in [6.45, 7) is 5.04. The lowest BCUT2D eigenvalue weighted by molar-refractivity contribution is 0.248. The minimum Gasteiger partial charge on any atom is -0.369 e. The second kappa shape index (κ2) is 8.38. The molecule has 0 bridgehead atoms. The third-order valence-electron chi connectivity index (χ3n) is 5.66. The highest BCUT2D eigenvalue weighted by Gasteiger charge is 2.18. The minimum absolute atomic E-state index is 0.746. The van der Waals surface area contributed by atoms with Crippen molar-refractivity contribution in [1.29, 1.82) is 0 Å². The predicted molar refractivity (Wildman–Crippen MR) is 125 cm³/mol. The van der Waals surface area contributed by atoms with Crippen molar-refractivity contribution in [1.82, 2.24) is 15.1 Å². The van der Waals surface area contributed by atoms with E-state index < -0.39 is 0 Å². The molecule has 1 fully saturated rings. The Kier molecular flexibility index (Phi) is 5.30. The topological polar surface area (TPSA) is 47.2 Å². The molecule has 3 aromatic carbocycles. The fourth-order valence-electron chi connectivity index (χ4n) is 3.98. The Morgan fingerprint density at radius 3 is 2.23 bits per heavy atom. The average Bonchev–Trinajstić information content (AvgIpc) is 3.19. The minimum atomic E-state index is 0.746. The van der Waals surface area contributed by atoms with Crippen LogP contribution >= 0.6 is 11.6 Å². The van der Waals surface area contributed by atoms with Crippen molar-refractivity contribution in [3.8, 4) is 0 Å². The van der Waals surface area contributed by atoms with E-state index in [1.54, 1.807) is 0 Å². The number of piperazine rings is 1. The SMILES string of the molecule is Clc1ccc(Nc2ccc(N3CCN(Cc4[nH]nc5ccccc45)CC3)cc2)cc1. The molecule has 2 N–H and O–H groups in total. The molecule has 6 heteroatoms. The van der Waals surface area contributed by atoms with Crippen LogP contribution in [0.2, 0.25) is 5.02 Å². The number of benzene rings is 3. The van der Waals surface area contributed by atoms with Crippen molar-refractivity contribution < 1.29 is 0 Å². The van der Waals surface area contributed by atoms with Crippen LogP contribution in [-0.2, 0) is 6.54 Å². The number of hydrogen-bond acceptors (Lipinski definition) is 4. The van der Waals surface area contributed by atoms with Gasteiger partial charge in [-0.1, -0.05) is 29.8 Å². The molecule has 1 aliphatic heterocycles. The number of H-pyrrole nitrogens is 1. The first-order valence-electron chi connectivity index (χ1n) is 10.3. The molecule has 0 radical (unpaired) electrons. The molecule has 152 valence electrons. The number of nitrogens with one attached hydrogen (secondary N) is 2. The lowest BCUT2D eigenvalue weighted by Gasteiger charge is -2.36. The van der Waals surface area contributed by atoms with Gasteiger partial charge in [0.25, 0.3) is 0 Å². The number of anilines is 3. The summed E-state index contributed by atoms with van der Waals surface area (Å²) in [6.07, 6.45) is 0. The first-order chi connectivity index (χ1) is 14.7. The van der Waals surface area contributed by atoms with Crippen LogP contribution < -0.4 is 10.2 Å². The van der Waals surface area contributed by atoms with Gasteiger partial charge in [-0.25, -0.2) is 0 Å². The van der Waals surface area contributed by atoms with Gasteiger partial charge in [0.2, 0.25) is 0 Å². The van der Waals surface area contributed by atoms with Gasteiger partial charge in [0.05, 0.1) is 11.2 Å². The van der Waals surface area contributed by atoms with Crippen molar-refractivity contribution in [2.24, 2.45) is 0 Å². The van der Waals surface area contributed by atoms with Gasteiger partial charge in [-0.05, 0) is 54.6 Å². The van der Waals surface area contributed by atoms with Crippen LogP contribution in [0.1, 0.15) is 5.69 Å². The molecular formula is C24H24ClN5. The Morgan fingerprint density at radius 2 is 1.50 bits per heavy atom. The smallest absolute Gasteiger partial charge is 0.0924 e. The highest BCUT2D eigenvalue weighted by molar-refractivity contribution is 6.30. The van der Waals surface area contributed by atoms with Gasteiger partial charge >= 0.3 is 0 Å². The predicted octanol–water partition coefficient (Wildman–Crippen LogP) is 5.28. The zero-order valence-electron chi connectivity index (χ0n) is 16.7. The van der Waals surface area contributed by atoms with Gasteiger partial charge < -0.3 is 10.2 Å². The number of aromatic amines is 1. The van der Waals surface area contributed by atoms with Crippen LogP contribution in [0.5, 0.6) is 0 Å². The monoisotopic (exact) mass is 417 g/mol. The van der Waals surface area contributed by atoms with Gasteiger partial charge in [-0.3, -0.25) is 10.00 Å². The summed E-state index contributed by atoms with van der Waals surface area (Å²) in [5.41, 5.74) is 5.62. The zero-order chi connectivity index (χ0) is 20.3. The maximum Gasteiger partial charge on any atom is 0.0924 e. The molecule has 1 aromatic heterocycles. The number of hydrogen-bond donors (Lipinski definition) is 2. The van der Waals surface area contributed by atoms with Gasteiger partial charge in [0, 0.05) is 60.2 Å². The Labute approximate surface area is 181 Å². The summed E-state index contributed by atoms with van der Waals surface area (Å²) in [6, 6.07) is 24.7. The van der Waals surface area contributed by atoms with E-state index in [-0.39, 0.29) is 0 Å². The zero-order valence-corrected chi connectivity index (χ0v) is 17.4. The van der Waals surface area contributed by atoms with E-state index in [4.69, 9.17) is 11.6 Å². The van der Waals surface area contributed by atoms with E-state index in [1.165, 1.54) is 16.8 Å². The van der Waals surface area contributed by atoms with E-state index in [0.29, 0.717) is 0 Å². The van der Waals surface area contributed by atoms with Crippen LogP contribution in [0.25, 0.3) is 10.9 Å². The molecule has 0 aliphatic carbocycles. The highest BCUT2D eigenvalue weighted by Crippen LogP contribution is 2.24. The molecule has 0 saturated carbocycles. The fraction of sp³-hybridized carbons (Fsp3) is 0.208. The molecule has 2 heterocycles. The largest absolute Gasteiger partial charge is 0.369 e. The Morgan fingerprint density at radius 1 is 0.833 bits per heavy atom.